The number of halogens is 2. The van der Waals surface area contributed by atoms with Gasteiger partial charge >= 0.3 is 5.97 Å². The van der Waals surface area contributed by atoms with E-state index in [1.807, 2.05) is 4.90 Å². The number of benzene rings is 1. The molecule has 0 spiro atoms. The Hall–Kier alpha value is -1.70. The van der Waals surface area contributed by atoms with Crippen LogP contribution in [-0.4, -0.2) is 66.7 Å². The van der Waals surface area contributed by atoms with Gasteiger partial charge in [-0.15, -0.1) is 0 Å². The van der Waals surface area contributed by atoms with Crippen LogP contribution >= 0.6 is 11.6 Å². The monoisotopic (exact) mass is 370 g/mol. The van der Waals surface area contributed by atoms with Gasteiger partial charge in [-0.25, -0.2) is 4.39 Å². The van der Waals surface area contributed by atoms with Crippen LogP contribution < -0.4 is 0 Å². The summed E-state index contributed by atoms with van der Waals surface area (Å²) >= 11 is 5.70. The number of aliphatic carboxylic acids is 1. The summed E-state index contributed by atoms with van der Waals surface area (Å²) in [6.45, 7) is 1.86. The van der Waals surface area contributed by atoms with E-state index in [2.05, 4.69) is 0 Å². The molecule has 2 heterocycles. The number of amides is 1. The molecule has 2 fully saturated rings. The molecule has 0 bridgehead atoms. The quantitative estimate of drug-likeness (QED) is 0.850. The van der Waals surface area contributed by atoms with Gasteiger partial charge in [0.2, 0.25) is 5.91 Å². The number of fused-ring (bicyclic) bond motifs is 1. The highest BCUT2D eigenvalue weighted by atomic mass is 35.5. The average Bonchev–Trinajstić information content (AvgIpc) is 3.06. The Balaban J connectivity index is 1.72. The first kappa shape index (κ1) is 18.1. The molecule has 2 saturated heterocycles. The fraction of sp³-hybridized carbons (Fsp3) is 0.529. The number of hydrogen-bond acceptors (Lipinski definition) is 4. The van der Waals surface area contributed by atoms with Crippen LogP contribution in [0.4, 0.5) is 4.39 Å². The van der Waals surface area contributed by atoms with Gasteiger partial charge in [0, 0.05) is 45.8 Å². The lowest BCUT2D eigenvalue weighted by Gasteiger charge is -2.25. The Labute approximate surface area is 150 Å². The summed E-state index contributed by atoms with van der Waals surface area (Å²) in [6.07, 6.45) is 0. The van der Waals surface area contributed by atoms with Gasteiger partial charge in [-0.05, 0) is 17.7 Å². The van der Waals surface area contributed by atoms with Crippen molar-refractivity contribution in [2.24, 2.45) is 11.3 Å². The maximum atomic E-state index is 13.6. The van der Waals surface area contributed by atoms with Gasteiger partial charge < -0.3 is 14.7 Å². The highest BCUT2D eigenvalue weighted by Gasteiger charge is 2.58. The van der Waals surface area contributed by atoms with E-state index in [4.69, 9.17) is 16.3 Å². The van der Waals surface area contributed by atoms with Gasteiger partial charge in [-0.1, -0.05) is 17.7 Å². The lowest BCUT2D eigenvalue weighted by Crippen LogP contribution is -2.42. The SMILES string of the molecule is COCC(=O)N1C[C@H]2CN(Cc3ccc(Cl)c(F)c3)C[C@@]2(C(=O)O)C1. The van der Waals surface area contributed by atoms with Crippen LogP contribution in [0, 0.1) is 17.2 Å². The van der Waals surface area contributed by atoms with Crippen molar-refractivity contribution in [1.82, 2.24) is 9.80 Å². The minimum Gasteiger partial charge on any atom is -0.481 e. The summed E-state index contributed by atoms with van der Waals surface area (Å²) in [4.78, 5) is 27.5. The fourth-order valence-corrected chi connectivity index (χ4v) is 4.01. The molecule has 6 nitrogen and oxygen atoms in total. The highest BCUT2D eigenvalue weighted by molar-refractivity contribution is 6.30. The van der Waals surface area contributed by atoms with E-state index in [9.17, 15) is 19.1 Å². The van der Waals surface area contributed by atoms with Crippen LogP contribution in [0.2, 0.25) is 5.02 Å². The fourth-order valence-electron chi connectivity index (χ4n) is 3.89. The summed E-state index contributed by atoms with van der Waals surface area (Å²) in [5.41, 5.74) is -0.233. The number of nitrogens with zero attached hydrogens (tertiary/aromatic N) is 2. The molecule has 8 heteroatoms. The maximum Gasteiger partial charge on any atom is 0.313 e. The number of methoxy groups -OCH3 is 1. The van der Waals surface area contributed by atoms with Crippen LogP contribution in [0.25, 0.3) is 0 Å². The maximum absolute atomic E-state index is 13.6. The highest BCUT2D eigenvalue weighted by Crippen LogP contribution is 2.43. The molecule has 1 amide bonds. The summed E-state index contributed by atoms with van der Waals surface area (Å²) in [7, 11) is 1.44. The van der Waals surface area contributed by atoms with Crippen LogP contribution in [0.3, 0.4) is 0 Å². The second-order valence-electron chi connectivity index (χ2n) is 6.78. The number of carbonyl (C=O) groups is 2. The number of hydrogen-bond donors (Lipinski definition) is 1. The second-order valence-corrected chi connectivity index (χ2v) is 7.19. The number of ether oxygens (including phenoxy) is 1. The van der Waals surface area contributed by atoms with Gasteiger partial charge in [0.1, 0.15) is 17.8 Å². The van der Waals surface area contributed by atoms with Crippen molar-refractivity contribution < 1.29 is 23.8 Å². The Kier molecular flexibility index (Phi) is 4.99. The normalized spacial score (nSPS) is 26.0. The zero-order valence-corrected chi connectivity index (χ0v) is 14.6. The van der Waals surface area contributed by atoms with E-state index in [1.54, 1.807) is 11.0 Å². The van der Waals surface area contributed by atoms with Crippen molar-refractivity contribution in [3.05, 3.63) is 34.6 Å². The van der Waals surface area contributed by atoms with E-state index >= 15 is 0 Å². The number of likely N-dealkylation sites (tertiary alicyclic amines) is 2. The van der Waals surface area contributed by atoms with E-state index in [-0.39, 0.29) is 30.0 Å². The molecule has 1 N–H and O–H groups in total. The lowest BCUT2D eigenvalue weighted by atomic mass is 9.81. The third-order valence-corrected chi connectivity index (χ3v) is 5.42. The van der Waals surface area contributed by atoms with E-state index < -0.39 is 17.2 Å². The molecule has 3 rings (SSSR count). The third-order valence-electron chi connectivity index (χ3n) is 5.12. The topological polar surface area (TPSA) is 70.1 Å². The van der Waals surface area contributed by atoms with Crippen molar-refractivity contribution in [2.45, 2.75) is 6.54 Å². The Morgan fingerprint density at radius 2 is 2.16 bits per heavy atom. The number of rotatable bonds is 5. The Bertz CT molecular complexity index is 701. The van der Waals surface area contributed by atoms with Crippen molar-refractivity contribution in [2.75, 3.05) is 39.9 Å². The van der Waals surface area contributed by atoms with Crippen LogP contribution in [0.5, 0.6) is 0 Å². The summed E-state index contributed by atoms with van der Waals surface area (Å²) in [5.74, 6) is -1.72. The number of carboxylic acids is 1. The molecule has 0 aromatic heterocycles. The number of carboxylic acid groups (broad SMARTS) is 1. The van der Waals surface area contributed by atoms with Crippen LogP contribution in [0.15, 0.2) is 18.2 Å². The Morgan fingerprint density at radius 1 is 1.40 bits per heavy atom. The molecule has 2 aliphatic heterocycles. The molecule has 25 heavy (non-hydrogen) atoms. The third kappa shape index (κ3) is 3.36. The van der Waals surface area contributed by atoms with Gasteiger partial charge in [0.15, 0.2) is 0 Å². The zero-order chi connectivity index (χ0) is 18.2. The molecule has 0 saturated carbocycles. The van der Waals surface area contributed by atoms with Crippen molar-refractivity contribution in [1.29, 1.82) is 0 Å². The average molecular weight is 371 g/mol. The minimum absolute atomic E-state index is 0.0455. The smallest absolute Gasteiger partial charge is 0.313 e. The summed E-state index contributed by atoms with van der Waals surface area (Å²) in [5, 5.41) is 9.86. The summed E-state index contributed by atoms with van der Waals surface area (Å²) in [6, 6.07) is 4.61. The first-order chi connectivity index (χ1) is 11.9. The minimum atomic E-state index is -0.978. The van der Waals surface area contributed by atoms with Crippen molar-refractivity contribution in [3.63, 3.8) is 0 Å². The molecule has 0 unspecified atom stereocenters. The largest absolute Gasteiger partial charge is 0.481 e. The van der Waals surface area contributed by atoms with E-state index in [0.717, 1.165) is 5.56 Å². The molecule has 0 aliphatic carbocycles. The van der Waals surface area contributed by atoms with Crippen LogP contribution in [0.1, 0.15) is 5.56 Å². The van der Waals surface area contributed by atoms with E-state index in [1.165, 1.54) is 19.2 Å². The standard InChI is InChI=1S/C17H20ClFN2O4/c1-25-8-15(22)21-7-12-6-20(9-17(12,10-21)16(23)24)5-11-2-3-13(18)14(19)4-11/h2-4,12H,5-10H2,1H3,(H,23,24)/t12-,17-/m1/s1. The predicted octanol–water partition coefficient (Wildman–Crippen LogP) is 1.47. The molecular weight excluding hydrogens is 351 g/mol. The molecule has 136 valence electrons. The molecule has 1 aromatic rings. The van der Waals surface area contributed by atoms with Gasteiger partial charge in [-0.3, -0.25) is 14.5 Å². The van der Waals surface area contributed by atoms with Crippen molar-refractivity contribution >= 4 is 23.5 Å². The zero-order valence-electron chi connectivity index (χ0n) is 13.9. The Morgan fingerprint density at radius 3 is 2.76 bits per heavy atom. The molecule has 2 atom stereocenters. The molecule has 1 aromatic carbocycles. The first-order valence-corrected chi connectivity index (χ1v) is 8.40. The summed E-state index contributed by atoms with van der Waals surface area (Å²) < 4.78 is 18.5. The first-order valence-electron chi connectivity index (χ1n) is 8.02. The lowest BCUT2D eigenvalue weighted by molar-refractivity contribution is -0.149. The van der Waals surface area contributed by atoms with Gasteiger partial charge in [0.25, 0.3) is 0 Å². The second kappa shape index (κ2) is 6.90. The number of carbonyl (C=O) groups excluding carboxylic acids is 1. The molecule has 0 radical (unpaired) electrons. The van der Waals surface area contributed by atoms with Crippen molar-refractivity contribution in [3.8, 4) is 0 Å². The predicted molar refractivity (Wildman–Crippen MR) is 88.7 cm³/mol. The van der Waals surface area contributed by atoms with Crippen LogP contribution in [-0.2, 0) is 20.9 Å². The van der Waals surface area contributed by atoms with E-state index in [0.29, 0.717) is 26.2 Å². The molecule has 2 aliphatic rings. The van der Waals surface area contributed by atoms with Gasteiger partial charge in [-0.2, -0.15) is 0 Å². The molecular formula is C17H20ClFN2O4. The van der Waals surface area contributed by atoms with Gasteiger partial charge in [0.05, 0.1) is 5.02 Å².